The molecule has 1 heterocycles. The zero-order chi connectivity index (χ0) is 15.4. The number of carbonyl (C=O) groups is 2. The number of pyridine rings is 1. The van der Waals surface area contributed by atoms with Gasteiger partial charge in [-0.3, -0.25) is 9.78 Å². The third-order valence-electron chi connectivity index (χ3n) is 3.32. The van der Waals surface area contributed by atoms with Crippen molar-refractivity contribution < 1.29 is 14.3 Å². The maximum absolute atomic E-state index is 12.1. The molecule has 0 spiro atoms. The number of hydrogen-bond acceptors (Lipinski definition) is 4. The summed E-state index contributed by atoms with van der Waals surface area (Å²) in [6, 6.07) is 16.3. The minimum absolute atomic E-state index is 0.229. The van der Waals surface area contributed by atoms with E-state index < -0.39 is 5.97 Å². The molecule has 0 amide bonds. The van der Waals surface area contributed by atoms with E-state index in [1.165, 1.54) is 12.4 Å². The number of rotatable bonds is 4. The van der Waals surface area contributed by atoms with Gasteiger partial charge in [0.05, 0.1) is 5.56 Å². The van der Waals surface area contributed by atoms with Crippen LogP contribution in [0.25, 0.3) is 10.8 Å². The number of nitrogens with zero attached hydrogens (tertiary/aromatic N) is 1. The van der Waals surface area contributed by atoms with E-state index >= 15 is 0 Å². The highest BCUT2D eigenvalue weighted by Gasteiger charge is 2.12. The minimum Gasteiger partial charge on any atom is -0.454 e. The van der Waals surface area contributed by atoms with Gasteiger partial charge in [0.1, 0.15) is 0 Å². The first-order chi connectivity index (χ1) is 10.7. The molecule has 0 aliphatic carbocycles. The molecule has 3 aromatic rings. The minimum atomic E-state index is -0.531. The fourth-order valence-corrected chi connectivity index (χ4v) is 2.15. The molecule has 0 radical (unpaired) electrons. The lowest BCUT2D eigenvalue weighted by Gasteiger charge is -2.05. The van der Waals surface area contributed by atoms with Gasteiger partial charge in [0.15, 0.2) is 12.4 Å². The van der Waals surface area contributed by atoms with Crippen LogP contribution in [0.4, 0.5) is 0 Å². The summed E-state index contributed by atoms with van der Waals surface area (Å²) >= 11 is 0. The summed E-state index contributed by atoms with van der Waals surface area (Å²) in [6.45, 7) is -0.278. The second-order valence-corrected chi connectivity index (χ2v) is 4.80. The van der Waals surface area contributed by atoms with E-state index in [0.29, 0.717) is 11.1 Å². The van der Waals surface area contributed by atoms with Crippen molar-refractivity contribution in [2.24, 2.45) is 0 Å². The summed E-state index contributed by atoms with van der Waals surface area (Å²) in [5, 5.41) is 2.04. The molecular weight excluding hydrogens is 278 g/mol. The van der Waals surface area contributed by atoms with Crippen molar-refractivity contribution in [2.75, 3.05) is 6.61 Å². The van der Waals surface area contributed by atoms with Crippen LogP contribution in [0.15, 0.2) is 67.0 Å². The Labute approximate surface area is 127 Å². The highest BCUT2D eigenvalue weighted by Crippen LogP contribution is 2.16. The average Bonchev–Trinajstić information content (AvgIpc) is 2.59. The molecule has 1 aromatic heterocycles. The Balaban J connectivity index is 1.69. The molecule has 4 nitrogen and oxygen atoms in total. The molecule has 108 valence electrons. The van der Waals surface area contributed by atoms with Crippen molar-refractivity contribution in [2.45, 2.75) is 0 Å². The molecule has 2 aromatic carbocycles. The number of ether oxygens (including phenoxy) is 1. The Morgan fingerprint density at radius 3 is 2.36 bits per heavy atom. The first-order valence-electron chi connectivity index (χ1n) is 6.83. The third-order valence-corrected chi connectivity index (χ3v) is 3.32. The second-order valence-electron chi connectivity index (χ2n) is 4.80. The number of aromatic nitrogens is 1. The maximum atomic E-state index is 12.1. The molecule has 0 saturated carbocycles. The lowest BCUT2D eigenvalue weighted by atomic mass is 10.0. The van der Waals surface area contributed by atoms with Crippen molar-refractivity contribution >= 4 is 22.5 Å². The molecule has 0 saturated heterocycles. The maximum Gasteiger partial charge on any atom is 0.338 e. The van der Waals surface area contributed by atoms with Gasteiger partial charge in [0.25, 0.3) is 0 Å². The SMILES string of the molecule is O=C(COC(=O)c1ccncc1)c1ccc2ccccc2c1. The Morgan fingerprint density at radius 1 is 0.864 bits per heavy atom. The van der Waals surface area contributed by atoms with Gasteiger partial charge in [0, 0.05) is 18.0 Å². The van der Waals surface area contributed by atoms with Gasteiger partial charge >= 0.3 is 5.97 Å². The zero-order valence-corrected chi connectivity index (χ0v) is 11.7. The van der Waals surface area contributed by atoms with Crippen LogP contribution in [0.1, 0.15) is 20.7 Å². The highest BCUT2D eigenvalue weighted by molar-refractivity contribution is 6.02. The predicted molar refractivity (Wildman–Crippen MR) is 82.8 cm³/mol. The lowest BCUT2D eigenvalue weighted by molar-refractivity contribution is 0.0474. The Bertz CT molecular complexity index is 828. The van der Waals surface area contributed by atoms with Gasteiger partial charge in [-0.05, 0) is 29.0 Å². The Kier molecular flexibility index (Phi) is 3.92. The van der Waals surface area contributed by atoms with Gasteiger partial charge in [-0.1, -0.05) is 36.4 Å². The lowest BCUT2D eigenvalue weighted by Crippen LogP contribution is -2.14. The quantitative estimate of drug-likeness (QED) is 0.547. The van der Waals surface area contributed by atoms with E-state index in [2.05, 4.69) is 4.98 Å². The van der Waals surface area contributed by atoms with Crippen molar-refractivity contribution in [1.82, 2.24) is 4.98 Å². The van der Waals surface area contributed by atoms with Crippen LogP contribution in [0, 0.1) is 0 Å². The summed E-state index contributed by atoms with van der Waals surface area (Å²) < 4.78 is 5.04. The monoisotopic (exact) mass is 291 g/mol. The number of fused-ring (bicyclic) bond motifs is 1. The van der Waals surface area contributed by atoms with Crippen LogP contribution in [0.3, 0.4) is 0 Å². The predicted octanol–water partition coefficient (Wildman–Crippen LogP) is 3.27. The molecule has 0 N–H and O–H groups in total. The summed E-state index contributed by atoms with van der Waals surface area (Å²) in [7, 11) is 0. The van der Waals surface area contributed by atoms with E-state index in [1.807, 2.05) is 30.3 Å². The first kappa shape index (κ1) is 13.9. The number of Topliss-reactive ketones (excluding diaryl/α,β-unsaturated/α-hetero) is 1. The van der Waals surface area contributed by atoms with Gasteiger partial charge in [-0.25, -0.2) is 4.79 Å². The summed E-state index contributed by atoms with van der Waals surface area (Å²) in [5.74, 6) is -0.760. The van der Waals surface area contributed by atoms with Crippen LogP contribution < -0.4 is 0 Å². The van der Waals surface area contributed by atoms with Crippen molar-refractivity contribution in [3.8, 4) is 0 Å². The van der Waals surface area contributed by atoms with Crippen LogP contribution in [0.2, 0.25) is 0 Å². The summed E-state index contributed by atoms with van der Waals surface area (Å²) in [5.41, 5.74) is 0.905. The van der Waals surface area contributed by atoms with E-state index in [4.69, 9.17) is 4.74 Å². The highest BCUT2D eigenvalue weighted by atomic mass is 16.5. The topological polar surface area (TPSA) is 56.3 Å². The molecule has 0 bridgehead atoms. The molecule has 0 aliphatic rings. The largest absolute Gasteiger partial charge is 0.454 e. The standard InChI is InChI=1S/C18H13NO3/c20-17(12-22-18(21)14-7-9-19-10-8-14)16-6-5-13-3-1-2-4-15(13)11-16/h1-11H,12H2. The van der Waals surface area contributed by atoms with Gasteiger partial charge in [0.2, 0.25) is 0 Å². The summed E-state index contributed by atoms with van der Waals surface area (Å²) in [6.07, 6.45) is 3.00. The number of hydrogen-bond donors (Lipinski definition) is 0. The van der Waals surface area contributed by atoms with Gasteiger partial charge in [-0.2, -0.15) is 0 Å². The van der Waals surface area contributed by atoms with Crippen LogP contribution in [-0.4, -0.2) is 23.3 Å². The molecule has 0 aliphatic heterocycles. The Morgan fingerprint density at radius 2 is 1.59 bits per heavy atom. The third kappa shape index (κ3) is 3.01. The van der Waals surface area contributed by atoms with Crippen LogP contribution in [-0.2, 0) is 4.74 Å². The van der Waals surface area contributed by atoms with E-state index in [1.54, 1.807) is 24.3 Å². The first-order valence-corrected chi connectivity index (χ1v) is 6.83. The number of benzene rings is 2. The molecule has 0 unspecified atom stereocenters. The normalized spacial score (nSPS) is 10.4. The summed E-state index contributed by atoms with van der Waals surface area (Å²) in [4.78, 5) is 27.7. The van der Waals surface area contributed by atoms with Crippen molar-refractivity contribution in [3.05, 3.63) is 78.1 Å². The fourth-order valence-electron chi connectivity index (χ4n) is 2.15. The molecule has 0 fully saturated rings. The van der Waals surface area contributed by atoms with Crippen molar-refractivity contribution in [3.63, 3.8) is 0 Å². The molecule has 0 atom stereocenters. The number of esters is 1. The second kappa shape index (κ2) is 6.18. The Hall–Kier alpha value is -3.01. The zero-order valence-electron chi connectivity index (χ0n) is 11.7. The van der Waals surface area contributed by atoms with Gasteiger partial charge < -0.3 is 4.74 Å². The van der Waals surface area contributed by atoms with E-state index in [-0.39, 0.29) is 12.4 Å². The molecule has 3 rings (SSSR count). The number of carbonyl (C=O) groups excluding carboxylic acids is 2. The van der Waals surface area contributed by atoms with Crippen LogP contribution in [0.5, 0.6) is 0 Å². The van der Waals surface area contributed by atoms with Crippen LogP contribution >= 0.6 is 0 Å². The fraction of sp³-hybridized carbons (Fsp3) is 0.0556. The van der Waals surface area contributed by atoms with Crippen molar-refractivity contribution in [1.29, 1.82) is 0 Å². The van der Waals surface area contributed by atoms with Gasteiger partial charge in [-0.15, -0.1) is 0 Å². The molecule has 4 heteroatoms. The number of ketones is 1. The molecular formula is C18H13NO3. The average molecular weight is 291 g/mol. The molecule has 22 heavy (non-hydrogen) atoms. The van der Waals surface area contributed by atoms with E-state index in [0.717, 1.165) is 10.8 Å². The van der Waals surface area contributed by atoms with E-state index in [9.17, 15) is 9.59 Å². The smallest absolute Gasteiger partial charge is 0.338 e.